The highest BCUT2D eigenvalue weighted by atomic mass is 35.5. The second-order valence-electron chi connectivity index (χ2n) is 7.49. The van der Waals surface area contributed by atoms with Gasteiger partial charge in [0.15, 0.2) is 5.82 Å². The van der Waals surface area contributed by atoms with Crippen molar-refractivity contribution in [3.8, 4) is 11.4 Å². The fourth-order valence-corrected chi connectivity index (χ4v) is 4.75. The van der Waals surface area contributed by atoms with E-state index in [1.807, 2.05) is 25.4 Å². The number of carboxylic acid groups (broad SMARTS) is 1. The van der Waals surface area contributed by atoms with E-state index in [1.165, 1.54) is 11.8 Å². The third-order valence-electron chi connectivity index (χ3n) is 5.32. The Morgan fingerprint density at radius 1 is 1.28 bits per heavy atom. The molecule has 5 rings (SSSR count). The lowest BCUT2D eigenvalue weighted by Gasteiger charge is -2.12. The molecular weight excluding hydrogens is 448 g/mol. The maximum Gasteiger partial charge on any atom is 0.348 e. The van der Waals surface area contributed by atoms with E-state index < -0.39 is 5.97 Å². The van der Waals surface area contributed by atoms with Crippen molar-refractivity contribution >= 4 is 52.0 Å². The van der Waals surface area contributed by atoms with E-state index in [2.05, 4.69) is 42.3 Å². The van der Waals surface area contributed by atoms with Crippen molar-refractivity contribution in [2.45, 2.75) is 26.3 Å². The molecule has 0 bridgehead atoms. The first kappa shape index (κ1) is 20.5. The van der Waals surface area contributed by atoms with E-state index in [-0.39, 0.29) is 4.88 Å². The third kappa shape index (κ3) is 3.80. The van der Waals surface area contributed by atoms with Crippen LogP contribution in [0.4, 0.5) is 23.1 Å². The summed E-state index contributed by atoms with van der Waals surface area (Å²) in [4.78, 5) is 25.0. The summed E-state index contributed by atoms with van der Waals surface area (Å²) >= 11 is 7.44. The lowest BCUT2D eigenvalue weighted by Crippen LogP contribution is -2.04. The predicted octanol–water partition coefficient (Wildman–Crippen LogP) is 5.50. The molecule has 0 amide bonds. The largest absolute Gasteiger partial charge is 0.477 e. The van der Waals surface area contributed by atoms with Crippen LogP contribution in [0.5, 0.6) is 0 Å². The number of rotatable bonds is 5. The Hall–Kier alpha value is -3.43. The molecule has 0 spiro atoms. The van der Waals surface area contributed by atoms with Crippen LogP contribution in [0.15, 0.2) is 42.2 Å². The summed E-state index contributed by atoms with van der Waals surface area (Å²) in [7, 11) is 0. The van der Waals surface area contributed by atoms with Gasteiger partial charge in [0.1, 0.15) is 15.7 Å². The van der Waals surface area contributed by atoms with E-state index >= 15 is 0 Å². The van der Waals surface area contributed by atoms with E-state index in [0.29, 0.717) is 22.5 Å². The molecule has 4 aromatic rings. The number of hydrogen-bond acceptors (Lipinski definition) is 7. The van der Waals surface area contributed by atoms with E-state index in [9.17, 15) is 9.90 Å². The lowest BCUT2D eigenvalue weighted by molar-refractivity contribution is 0.0703. The number of thiophene rings is 1. The number of nitrogens with zero attached hydrogens (tertiary/aromatic N) is 4. The highest BCUT2D eigenvalue weighted by molar-refractivity contribution is 7.12. The topological polar surface area (TPSA) is 105 Å². The molecule has 8 nitrogen and oxygen atoms in total. The second kappa shape index (κ2) is 8.25. The summed E-state index contributed by atoms with van der Waals surface area (Å²) in [6, 6.07) is 6.15. The third-order valence-corrected chi connectivity index (χ3v) is 6.69. The molecule has 0 fully saturated rings. The molecule has 0 saturated carbocycles. The van der Waals surface area contributed by atoms with Gasteiger partial charge in [-0.25, -0.2) is 14.8 Å². The number of carboxylic acids is 1. The van der Waals surface area contributed by atoms with Crippen molar-refractivity contribution in [3.63, 3.8) is 0 Å². The van der Waals surface area contributed by atoms with Crippen LogP contribution < -0.4 is 10.6 Å². The van der Waals surface area contributed by atoms with Crippen LogP contribution in [0.2, 0.25) is 5.02 Å². The fourth-order valence-electron chi connectivity index (χ4n) is 3.77. The normalized spacial score (nSPS) is 12.6. The number of carbonyl (C=O) groups is 1. The van der Waals surface area contributed by atoms with Crippen LogP contribution >= 0.6 is 22.9 Å². The molecule has 1 aromatic carbocycles. The molecule has 0 saturated heterocycles. The Kier molecular flexibility index (Phi) is 5.28. The van der Waals surface area contributed by atoms with Crippen molar-refractivity contribution < 1.29 is 9.90 Å². The average molecular weight is 467 g/mol. The molecule has 4 heterocycles. The van der Waals surface area contributed by atoms with Gasteiger partial charge in [0.25, 0.3) is 0 Å². The molecule has 10 heteroatoms. The standard InChI is InChI=1S/C22H19ClN6O2S/c1-12-11-32-18(21(30)31)17(12)27-19-16(23)10-25-22(28-19)26-14-5-4-13-3-2-7-29-8-6-24-20(29)15(13)9-14/h4-6,8-11H,2-3,7H2,1H3,(H,30,31)(H2,25,26,27,28). The number of aromatic carboxylic acids is 1. The minimum atomic E-state index is -1.00. The highest BCUT2D eigenvalue weighted by Gasteiger charge is 2.18. The zero-order valence-corrected chi connectivity index (χ0v) is 18.7. The number of anilines is 4. The van der Waals surface area contributed by atoms with Crippen molar-refractivity contribution in [1.29, 1.82) is 0 Å². The highest BCUT2D eigenvalue weighted by Crippen LogP contribution is 2.34. The van der Waals surface area contributed by atoms with Crippen molar-refractivity contribution in [3.05, 3.63) is 63.2 Å². The summed E-state index contributed by atoms with van der Waals surface area (Å²) in [5.74, 6) is 0.629. The molecular formula is C22H19ClN6O2S. The fraction of sp³-hybridized carbons (Fsp3) is 0.182. The number of imidazole rings is 1. The molecule has 3 aromatic heterocycles. The number of nitrogens with one attached hydrogen (secondary N) is 2. The molecule has 162 valence electrons. The summed E-state index contributed by atoms with van der Waals surface area (Å²) in [6.07, 6.45) is 7.37. The smallest absolute Gasteiger partial charge is 0.348 e. The summed E-state index contributed by atoms with van der Waals surface area (Å²) < 4.78 is 2.17. The zero-order valence-electron chi connectivity index (χ0n) is 17.1. The van der Waals surface area contributed by atoms with Gasteiger partial charge in [-0.2, -0.15) is 4.98 Å². The Morgan fingerprint density at radius 3 is 3.00 bits per heavy atom. The molecule has 0 radical (unpaired) electrons. The van der Waals surface area contributed by atoms with Gasteiger partial charge in [-0.3, -0.25) is 0 Å². The Labute approximate surface area is 192 Å². The van der Waals surface area contributed by atoms with Gasteiger partial charge in [0.05, 0.1) is 11.9 Å². The molecule has 1 aliphatic rings. The first-order chi connectivity index (χ1) is 15.5. The summed E-state index contributed by atoms with van der Waals surface area (Å²) in [5, 5.41) is 17.8. The lowest BCUT2D eigenvalue weighted by atomic mass is 10.0. The molecule has 0 aliphatic carbocycles. The number of fused-ring (bicyclic) bond motifs is 3. The Balaban J connectivity index is 1.45. The van der Waals surface area contributed by atoms with E-state index in [4.69, 9.17) is 11.6 Å². The SMILES string of the molecule is Cc1csc(C(=O)O)c1Nc1nc(Nc2ccc3c(c2)-c2nccn2CCC3)ncc1Cl. The van der Waals surface area contributed by atoms with Gasteiger partial charge < -0.3 is 20.3 Å². The molecule has 1 aliphatic heterocycles. The molecule has 0 atom stereocenters. The number of aromatic nitrogens is 4. The van der Waals surface area contributed by atoms with Crippen molar-refractivity contribution in [2.24, 2.45) is 0 Å². The summed E-state index contributed by atoms with van der Waals surface area (Å²) in [6.45, 7) is 2.78. The van der Waals surface area contributed by atoms with Crippen LogP contribution in [-0.2, 0) is 13.0 Å². The molecule has 32 heavy (non-hydrogen) atoms. The van der Waals surface area contributed by atoms with Gasteiger partial charge in [0.2, 0.25) is 5.95 Å². The summed E-state index contributed by atoms with van der Waals surface area (Å²) in [5.41, 5.74) is 4.45. The second-order valence-corrected chi connectivity index (χ2v) is 8.77. The van der Waals surface area contributed by atoms with Crippen LogP contribution in [0.3, 0.4) is 0 Å². The van der Waals surface area contributed by atoms with Gasteiger partial charge in [-0.05, 0) is 48.4 Å². The van der Waals surface area contributed by atoms with Crippen LogP contribution in [0, 0.1) is 6.92 Å². The molecule has 3 N–H and O–H groups in total. The van der Waals surface area contributed by atoms with Crippen LogP contribution in [-0.4, -0.2) is 30.6 Å². The van der Waals surface area contributed by atoms with Gasteiger partial charge in [-0.1, -0.05) is 17.7 Å². The minimum Gasteiger partial charge on any atom is -0.477 e. The monoisotopic (exact) mass is 466 g/mol. The predicted molar refractivity (Wildman–Crippen MR) is 126 cm³/mol. The van der Waals surface area contributed by atoms with E-state index in [0.717, 1.165) is 53.4 Å². The Bertz CT molecular complexity index is 1330. The molecule has 0 unspecified atom stereocenters. The zero-order chi connectivity index (χ0) is 22.2. The number of hydrogen-bond donors (Lipinski definition) is 3. The first-order valence-electron chi connectivity index (χ1n) is 10.0. The van der Waals surface area contributed by atoms with Crippen LogP contribution in [0.25, 0.3) is 11.4 Å². The van der Waals surface area contributed by atoms with Crippen LogP contribution in [0.1, 0.15) is 27.2 Å². The number of halogens is 1. The minimum absolute atomic E-state index is 0.202. The maximum absolute atomic E-state index is 11.5. The number of benzene rings is 1. The first-order valence-corrected chi connectivity index (χ1v) is 11.3. The average Bonchev–Trinajstić information content (AvgIpc) is 3.34. The van der Waals surface area contributed by atoms with Crippen molar-refractivity contribution in [1.82, 2.24) is 19.5 Å². The maximum atomic E-state index is 11.5. The quantitative estimate of drug-likeness (QED) is 0.357. The van der Waals surface area contributed by atoms with Gasteiger partial charge in [0, 0.05) is 30.2 Å². The Morgan fingerprint density at radius 2 is 2.16 bits per heavy atom. The van der Waals surface area contributed by atoms with Gasteiger partial charge >= 0.3 is 5.97 Å². The van der Waals surface area contributed by atoms with Crippen molar-refractivity contribution in [2.75, 3.05) is 10.6 Å². The van der Waals surface area contributed by atoms with E-state index in [1.54, 1.807) is 5.38 Å². The van der Waals surface area contributed by atoms with Gasteiger partial charge in [-0.15, -0.1) is 11.3 Å². The number of aryl methyl sites for hydroxylation is 3.